The smallest absolute Gasteiger partial charge is 0.337 e. The summed E-state index contributed by atoms with van der Waals surface area (Å²) in [6, 6.07) is 13.5. The van der Waals surface area contributed by atoms with Gasteiger partial charge in [-0.05, 0) is 30.3 Å². The molecule has 0 aliphatic heterocycles. The predicted octanol–water partition coefficient (Wildman–Crippen LogP) is 3.35. The first-order valence-electron chi connectivity index (χ1n) is 10.4. The lowest BCUT2D eigenvalue weighted by Gasteiger charge is -2.10. The molecule has 3 aromatic rings. The number of nitrogens with zero attached hydrogens (tertiary/aromatic N) is 3. The van der Waals surface area contributed by atoms with Crippen LogP contribution in [-0.2, 0) is 27.4 Å². The largest absolute Gasteiger partial charge is 0.486 e. The van der Waals surface area contributed by atoms with Gasteiger partial charge in [-0.2, -0.15) is 0 Å². The molecule has 0 saturated heterocycles. The van der Waals surface area contributed by atoms with Crippen LogP contribution in [0.5, 0.6) is 5.75 Å². The Morgan fingerprint density at radius 1 is 1.03 bits per heavy atom. The number of rotatable bonds is 11. The van der Waals surface area contributed by atoms with E-state index in [2.05, 4.69) is 22.1 Å². The zero-order valence-electron chi connectivity index (χ0n) is 19.2. The van der Waals surface area contributed by atoms with Gasteiger partial charge in [0.25, 0.3) is 0 Å². The number of benzene rings is 2. The summed E-state index contributed by atoms with van der Waals surface area (Å²) in [6.45, 7) is 4.41. The van der Waals surface area contributed by atoms with E-state index in [4.69, 9.17) is 14.2 Å². The van der Waals surface area contributed by atoms with Crippen LogP contribution in [-0.4, -0.2) is 52.6 Å². The van der Waals surface area contributed by atoms with E-state index in [1.54, 1.807) is 10.6 Å². The molecular weight excluding hydrogens is 472 g/mol. The van der Waals surface area contributed by atoms with Crippen LogP contribution in [0.3, 0.4) is 0 Å². The lowest BCUT2D eigenvalue weighted by Crippen LogP contribution is -2.16. The van der Waals surface area contributed by atoms with Gasteiger partial charge in [0.05, 0.1) is 31.1 Å². The predicted molar refractivity (Wildman–Crippen MR) is 129 cm³/mol. The van der Waals surface area contributed by atoms with Crippen LogP contribution in [0.25, 0.3) is 0 Å². The first-order valence-corrected chi connectivity index (χ1v) is 11.4. The average Bonchev–Trinajstić information content (AvgIpc) is 3.27. The third kappa shape index (κ3) is 6.93. The highest BCUT2D eigenvalue weighted by molar-refractivity contribution is 7.99. The molecule has 0 unspecified atom stereocenters. The minimum absolute atomic E-state index is 0.00479. The number of thioether (sulfide) groups is 1. The Morgan fingerprint density at radius 3 is 2.29 bits per heavy atom. The van der Waals surface area contributed by atoms with Crippen molar-refractivity contribution in [1.29, 1.82) is 0 Å². The zero-order valence-corrected chi connectivity index (χ0v) is 20.0. The van der Waals surface area contributed by atoms with Crippen LogP contribution in [0.1, 0.15) is 26.5 Å². The van der Waals surface area contributed by atoms with Gasteiger partial charge in [-0.3, -0.25) is 9.36 Å². The van der Waals surface area contributed by atoms with Gasteiger partial charge in [0.2, 0.25) is 5.91 Å². The van der Waals surface area contributed by atoms with Gasteiger partial charge in [-0.1, -0.05) is 36.0 Å². The zero-order chi connectivity index (χ0) is 25.2. The quantitative estimate of drug-likeness (QED) is 0.242. The number of hydrogen-bond donors (Lipinski definition) is 1. The monoisotopic (exact) mass is 496 g/mol. The summed E-state index contributed by atoms with van der Waals surface area (Å²) in [6.07, 6.45) is 1.70. The van der Waals surface area contributed by atoms with Crippen LogP contribution in [0.4, 0.5) is 5.69 Å². The summed E-state index contributed by atoms with van der Waals surface area (Å²) in [5.74, 6) is -0.375. The van der Waals surface area contributed by atoms with Crippen LogP contribution in [0.15, 0.2) is 66.3 Å². The maximum atomic E-state index is 12.6. The van der Waals surface area contributed by atoms with Gasteiger partial charge in [-0.25, -0.2) is 9.59 Å². The van der Waals surface area contributed by atoms with Crippen molar-refractivity contribution in [2.24, 2.45) is 0 Å². The van der Waals surface area contributed by atoms with Gasteiger partial charge >= 0.3 is 11.9 Å². The molecule has 1 N–H and O–H groups in total. The van der Waals surface area contributed by atoms with Gasteiger partial charge in [0.1, 0.15) is 12.4 Å². The van der Waals surface area contributed by atoms with Crippen LogP contribution in [0.2, 0.25) is 0 Å². The number of ether oxygens (including phenoxy) is 3. The Labute approximate surface area is 206 Å². The van der Waals surface area contributed by atoms with Gasteiger partial charge in [0, 0.05) is 12.2 Å². The molecule has 0 bridgehead atoms. The molecule has 10 nitrogen and oxygen atoms in total. The molecule has 2 aromatic carbocycles. The summed E-state index contributed by atoms with van der Waals surface area (Å²) < 4.78 is 17.0. The minimum atomic E-state index is -0.650. The van der Waals surface area contributed by atoms with Crippen LogP contribution < -0.4 is 10.1 Å². The maximum Gasteiger partial charge on any atom is 0.337 e. The average molecular weight is 497 g/mol. The third-order valence-corrected chi connectivity index (χ3v) is 5.57. The van der Waals surface area contributed by atoms with Crippen molar-refractivity contribution in [3.8, 4) is 5.75 Å². The van der Waals surface area contributed by atoms with Crippen molar-refractivity contribution in [2.45, 2.75) is 18.3 Å². The first kappa shape index (κ1) is 25.5. The number of para-hydroxylation sites is 1. The molecule has 0 atom stereocenters. The Kier molecular flexibility index (Phi) is 9.02. The Bertz CT molecular complexity index is 1180. The van der Waals surface area contributed by atoms with Crippen molar-refractivity contribution < 1.29 is 28.6 Å². The van der Waals surface area contributed by atoms with Crippen molar-refractivity contribution in [1.82, 2.24) is 14.8 Å². The highest BCUT2D eigenvalue weighted by Gasteiger charge is 2.17. The molecule has 0 radical (unpaired) electrons. The SMILES string of the molecule is C=CCn1c(COc2ccccc2)nnc1SCC(=O)Nc1cc(C(=O)OC)cc(C(=O)OC)c1. The van der Waals surface area contributed by atoms with E-state index in [1.807, 2.05) is 30.3 Å². The summed E-state index contributed by atoms with van der Waals surface area (Å²) in [7, 11) is 2.45. The highest BCUT2D eigenvalue weighted by atomic mass is 32.2. The fourth-order valence-electron chi connectivity index (χ4n) is 3.01. The number of amides is 1. The van der Waals surface area contributed by atoms with Crippen molar-refractivity contribution >= 4 is 35.3 Å². The number of allylic oxidation sites excluding steroid dienone is 1. The molecular formula is C24H24N4O6S. The number of esters is 2. The molecule has 35 heavy (non-hydrogen) atoms. The minimum Gasteiger partial charge on any atom is -0.486 e. The number of hydrogen-bond acceptors (Lipinski definition) is 9. The van der Waals surface area contributed by atoms with E-state index in [9.17, 15) is 14.4 Å². The molecule has 0 aliphatic carbocycles. The van der Waals surface area contributed by atoms with E-state index in [0.29, 0.717) is 23.3 Å². The topological polar surface area (TPSA) is 122 Å². The molecule has 0 aliphatic rings. The molecule has 1 heterocycles. The molecule has 1 aromatic heterocycles. The highest BCUT2D eigenvalue weighted by Crippen LogP contribution is 2.21. The third-order valence-electron chi connectivity index (χ3n) is 4.61. The Balaban J connectivity index is 1.68. The normalized spacial score (nSPS) is 10.3. The van der Waals surface area contributed by atoms with Gasteiger partial charge in [-0.15, -0.1) is 16.8 Å². The lowest BCUT2D eigenvalue weighted by molar-refractivity contribution is -0.113. The molecule has 0 fully saturated rings. The van der Waals surface area contributed by atoms with Gasteiger partial charge < -0.3 is 19.5 Å². The Morgan fingerprint density at radius 2 is 1.69 bits per heavy atom. The maximum absolute atomic E-state index is 12.6. The fraction of sp³-hybridized carbons (Fsp3) is 0.208. The number of methoxy groups -OCH3 is 2. The number of aromatic nitrogens is 3. The fourth-order valence-corrected chi connectivity index (χ4v) is 3.77. The second kappa shape index (κ2) is 12.4. The first-order chi connectivity index (χ1) is 16.9. The molecule has 11 heteroatoms. The number of carbonyl (C=O) groups excluding carboxylic acids is 3. The molecule has 0 spiro atoms. The second-order valence-corrected chi connectivity index (χ2v) is 7.96. The second-order valence-electron chi connectivity index (χ2n) is 7.02. The van der Waals surface area contributed by atoms with Crippen LogP contribution in [0, 0.1) is 0 Å². The molecule has 182 valence electrons. The number of carbonyl (C=O) groups is 3. The molecule has 1 amide bonds. The summed E-state index contributed by atoms with van der Waals surface area (Å²) in [4.78, 5) is 36.5. The summed E-state index contributed by atoms with van der Waals surface area (Å²) in [5.41, 5.74) is 0.461. The Hall–Kier alpha value is -4.12. The van der Waals surface area contributed by atoms with E-state index in [-0.39, 0.29) is 35.1 Å². The lowest BCUT2D eigenvalue weighted by atomic mass is 10.1. The molecule has 0 saturated carbocycles. The van der Waals surface area contributed by atoms with E-state index in [1.165, 1.54) is 44.2 Å². The summed E-state index contributed by atoms with van der Waals surface area (Å²) in [5, 5.41) is 11.5. The van der Waals surface area contributed by atoms with Crippen molar-refractivity contribution in [2.75, 3.05) is 25.3 Å². The van der Waals surface area contributed by atoms with E-state index >= 15 is 0 Å². The van der Waals surface area contributed by atoms with Gasteiger partial charge in [0.15, 0.2) is 11.0 Å². The van der Waals surface area contributed by atoms with Crippen molar-refractivity contribution in [3.63, 3.8) is 0 Å². The number of anilines is 1. The standard InChI is InChI=1S/C24H24N4O6S/c1-4-10-28-20(14-34-19-8-6-5-7-9-19)26-27-24(28)35-15-21(29)25-18-12-16(22(30)32-2)11-17(13-18)23(31)33-3/h4-9,11-13H,1,10,14-15H2,2-3H3,(H,25,29). The summed E-state index contributed by atoms with van der Waals surface area (Å²) >= 11 is 1.18. The van der Waals surface area contributed by atoms with Crippen molar-refractivity contribution in [3.05, 3.63) is 78.1 Å². The molecule has 3 rings (SSSR count). The van der Waals surface area contributed by atoms with E-state index < -0.39 is 11.9 Å². The number of nitrogens with one attached hydrogen (secondary N) is 1. The van der Waals surface area contributed by atoms with E-state index in [0.717, 1.165) is 0 Å². The van der Waals surface area contributed by atoms with Crippen LogP contribution >= 0.6 is 11.8 Å².